The Morgan fingerprint density at radius 3 is 2.46 bits per heavy atom. The van der Waals surface area contributed by atoms with Crippen molar-refractivity contribution in [3.63, 3.8) is 0 Å². The van der Waals surface area contributed by atoms with Crippen molar-refractivity contribution < 1.29 is 0 Å². The van der Waals surface area contributed by atoms with Gasteiger partial charge in [-0.05, 0) is 32.1 Å². The third kappa shape index (κ3) is 3.15. The molecule has 76 valence electrons. The van der Waals surface area contributed by atoms with Crippen LogP contribution in [0.25, 0.3) is 0 Å². The van der Waals surface area contributed by atoms with Crippen molar-refractivity contribution in [3.8, 4) is 0 Å². The highest BCUT2D eigenvalue weighted by molar-refractivity contribution is 4.95. The maximum absolute atomic E-state index is 2.59. The Labute approximate surface area is 82.8 Å². The predicted molar refractivity (Wildman–Crippen MR) is 58.8 cm³/mol. The largest absolute Gasteiger partial charge is 0.300 e. The van der Waals surface area contributed by atoms with E-state index in [2.05, 4.69) is 44.7 Å². The number of rotatable bonds is 2. The van der Waals surface area contributed by atoms with Crippen molar-refractivity contribution in [1.82, 2.24) is 4.90 Å². The van der Waals surface area contributed by atoms with Gasteiger partial charge in [-0.25, -0.2) is 0 Å². The summed E-state index contributed by atoms with van der Waals surface area (Å²) in [5.41, 5.74) is 0. The lowest BCUT2D eigenvalue weighted by molar-refractivity contribution is 0.193. The lowest BCUT2D eigenvalue weighted by Gasteiger charge is -2.29. The van der Waals surface area contributed by atoms with E-state index in [9.17, 15) is 0 Å². The molecule has 0 bridgehead atoms. The van der Waals surface area contributed by atoms with Crippen LogP contribution < -0.4 is 0 Å². The van der Waals surface area contributed by atoms with Crippen molar-refractivity contribution in [2.24, 2.45) is 11.8 Å². The van der Waals surface area contributed by atoms with Gasteiger partial charge in [0.05, 0.1) is 0 Å². The van der Waals surface area contributed by atoms with Gasteiger partial charge in [0.1, 0.15) is 0 Å². The van der Waals surface area contributed by atoms with E-state index in [1.54, 1.807) is 0 Å². The fourth-order valence-electron chi connectivity index (χ4n) is 1.84. The lowest BCUT2D eigenvalue weighted by Crippen LogP contribution is -2.35. The van der Waals surface area contributed by atoms with Gasteiger partial charge < -0.3 is 4.90 Å². The molecule has 0 saturated heterocycles. The van der Waals surface area contributed by atoms with Crippen molar-refractivity contribution >= 4 is 0 Å². The van der Waals surface area contributed by atoms with Gasteiger partial charge in [0.2, 0.25) is 0 Å². The van der Waals surface area contributed by atoms with E-state index < -0.39 is 0 Å². The van der Waals surface area contributed by atoms with Gasteiger partial charge >= 0.3 is 0 Å². The summed E-state index contributed by atoms with van der Waals surface area (Å²) in [6.07, 6.45) is 5.99. The first-order valence-corrected chi connectivity index (χ1v) is 5.52. The average Bonchev–Trinajstić information content (AvgIpc) is 2.28. The molecular formula is C12H23N. The third-order valence-corrected chi connectivity index (χ3v) is 3.00. The normalized spacial score (nSPS) is 25.5. The summed E-state index contributed by atoms with van der Waals surface area (Å²) in [6.45, 7) is 11.7. The SMILES string of the molecule is CC(C)C1C=CCCN(C(C)C)C1. The lowest BCUT2D eigenvalue weighted by atomic mass is 9.95. The summed E-state index contributed by atoms with van der Waals surface area (Å²) in [6, 6.07) is 0.696. The van der Waals surface area contributed by atoms with E-state index in [1.165, 1.54) is 19.5 Å². The van der Waals surface area contributed by atoms with Gasteiger partial charge in [-0.2, -0.15) is 0 Å². The molecule has 0 N–H and O–H groups in total. The molecule has 1 aliphatic heterocycles. The van der Waals surface area contributed by atoms with Gasteiger partial charge in [-0.1, -0.05) is 26.0 Å². The first-order valence-electron chi connectivity index (χ1n) is 5.52. The molecule has 1 heteroatoms. The van der Waals surface area contributed by atoms with Crippen LogP contribution in [0.1, 0.15) is 34.1 Å². The monoisotopic (exact) mass is 181 g/mol. The Morgan fingerprint density at radius 2 is 1.92 bits per heavy atom. The summed E-state index contributed by atoms with van der Waals surface area (Å²) in [5.74, 6) is 1.53. The zero-order valence-electron chi connectivity index (χ0n) is 9.46. The van der Waals surface area contributed by atoms with E-state index in [0.717, 1.165) is 11.8 Å². The molecule has 0 aromatic heterocycles. The Kier molecular flexibility index (Phi) is 3.98. The Hall–Kier alpha value is -0.300. The zero-order valence-corrected chi connectivity index (χ0v) is 9.46. The minimum Gasteiger partial charge on any atom is -0.300 e. The highest BCUT2D eigenvalue weighted by atomic mass is 15.1. The molecule has 13 heavy (non-hydrogen) atoms. The van der Waals surface area contributed by atoms with Crippen LogP contribution in [-0.2, 0) is 0 Å². The molecule has 1 rings (SSSR count). The van der Waals surface area contributed by atoms with Crippen LogP contribution in [0.15, 0.2) is 12.2 Å². The molecule has 0 amide bonds. The molecule has 1 heterocycles. The van der Waals surface area contributed by atoms with Gasteiger partial charge in [0, 0.05) is 19.1 Å². The van der Waals surface area contributed by atoms with Crippen molar-refractivity contribution in [3.05, 3.63) is 12.2 Å². The van der Waals surface area contributed by atoms with Crippen LogP contribution in [0.3, 0.4) is 0 Å². The third-order valence-electron chi connectivity index (χ3n) is 3.00. The topological polar surface area (TPSA) is 3.24 Å². The smallest absolute Gasteiger partial charge is 0.00496 e. The second kappa shape index (κ2) is 4.80. The zero-order chi connectivity index (χ0) is 9.84. The molecule has 0 aliphatic carbocycles. The highest BCUT2D eigenvalue weighted by Crippen LogP contribution is 2.19. The number of hydrogen-bond acceptors (Lipinski definition) is 1. The second-order valence-corrected chi connectivity index (χ2v) is 4.71. The fraction of sp³-hybridized carbons (Fsp3) is 0.833. The van der Waals surface area contributed by atoms with Gasteiger partial charge in [0.25, 0.3) is 0 Å². The number of nitrogens with zero attached hydrogens (tertiary/aromatic N) is 1. The van der Waals surface area contributed by atoms with Crippen LogP contribution in [0.2, 0.25) is 0 Å². The van der Waals surface area contributed by atoms with Gasteiger partial charge in [-0.15, -0.1) is 0 Å². The van der Waals surface area contributed by atoms with Crippen molar-refractivity contribution in [1.29, 1.82) is 0 Å². The molecule has 0 fully saturated rings. The Morgan fingerprint density at radius 1 is 1.23 bits per heavy atom. The Bertz CT molecular complexity index is 170. The molecule has 0 aromatic carbocycles. The molecule has 0 aromatic rings. The average molecular weight is 181 g/mol. The fourth-order valence-corrected chi connectivity index (χ4v) is 1.84. The molecule has 0 saturated carbocycles. The summed E-state index contributed by atoms with van der Waals surface area (Å²) >= 11 is 0. The van der Waals surface area contributed by atoms with E-state index in [1.807, 2.05) is 0 Å². The molecule has 0 spiro atoms. The molecular weight excluding hydrogens is 158 g/mol. The maximum atomic E-state index is 2.59. The van der Waals surface area contributed by atoms with Crippen molar-refractivity contribution in [2.45, 2.75) is 40.2 Å². The van der Waals surface area contributed by atoms with E-state index in [-0.39, 0.29) is 0 Å². The van der Waals surface area contributed by atoms with Crippen LogP contribution in [0.4, 0.5) is 0 Å². The number of hydrogen-bond donors (Lipinski definition) is 0. The van der Waals surface area contributed by atoms with Crippen LogP contribution in [0, 0.1) is 11.8 Å². The molecule has 1 unspecified atom stereocenters. The van der Waals surface area contributed by atoms with Gasteiger partial charge in [0.15, 0.2) is 0 Å². The predicted octanol–water partition coefficient (Wildman–Crippen LogP) is 2.93. The summed E-state index contributed by atoms with van der Waals surface area (Å²) in [7, 11) is 0. The molecule has 1 nitrogen and oxygen atoms in total. The standard InChI is InChI=1S/C12H23N/c1-10(2)12-7-5-6-8-13(9-12)11(3)4/h5,7,10-12H,6,8-9H2,1-4H3. The van der Waals surface area contributed by atoms with E-state index in [4.69, 9.17) is 0 Å². The first-order chi connectivity index (χ1) is 6.11. The Balaban J connectivity index is 2.56. The van der Waals surface area contributed by atoms with E-state index >= 15 is 0 Å². The summed E-state index contributed by atoms with van der Waals surface area (Å²) in [5, 5.41) is 0. The van der Waals surface area contributed by atoms with E-state index in [0.29, 0.717) is 6.04 Å². The molecule has 1 aliphatic rings. The quantitative estimate of drug-likeness (QED) is 0.592. The molecule has 1 atom stereocenters. The van der Waals surface area contributed by atoms with Crippen LogP contribution >= 0.6 is 0 Å². The second-order valence-electron chi connectivity index (χ2n) is 4.71. The summed E-state index contributed by atoms with van der Waals surface area (Å²) in [4.78, 5) is 2.59. The minimum absolute atomic E-state index is 0.696. The first kappa shape index (κ1) is 10.8. The summed E-state index contributed by atoms with van der Waals surface area (Å²) < 4.78 is 0. The van der Waals surface area contributed by atoms with Crippen LogP contribution in [-0.4, -0.2) is 24.0 Å². The van der Waals surface area contributed by atoms with Gasteiger partial charge in [-0.3, -0.25) is 0 Å². The van der Waals surface area contributed by atoms with Crippen molar-refractivity contribution in [2.75, 3.05) is 13.1 Å². The highest BCUT2D eigenvalue weighted by Gasteiger charge is 2.18. The minimum atomic E-state index is 0.696. The van der Waals surface area contributed by atoms with Crippen LogP contribution in [0.5, 0.6) is 0 Å². The maximum Gasteiger partial charge on any atom is 0.00496 e. The molecule has 0 radical (unpaired) electrons.